The fourth-order valence-electron chi connectivity index (χ4n) is 2.22. The predicted octanol–water partition coefficient (Wildman–Crippen LogP) is 5.89. The lowest BCUT2D eigenvalue weighted by Gasteiger charge is -2.07. The average molecular weight is 266 g/mol. The number of aryl methyl sites for hydroxylation is 1. The number of hydrogen-bond acceptors (Lipinski definition) is 0. The second-order valence-electron chi connectivity index (χ2n) is 5.33. The Morgan fingerprint density at radius 2 is 1.89 bits per heavy atom. The van der Waals surface area contributed by atoms with Crippen LogP contribution in [0.15, 0.2) is 18.2 Å². The minimum atomic E-state index is -0.740. The third-order valence-corrected chi connectivity index (χ3v) is 3.45. The molecule has 0 bridgehead atoms. The summed E-state index contributed by atoms with van der Waals surface area (Å²) in [5, 5.41) is 0. The third-order valence-electron chi connectivity index (χ3n) is 3.45. The summed E-state index contributed by atoms with van der Waals surface area (Å²) in [6, 6.07) is 3.24. The molecule has 0 aliphatic heterocycles. The average Bonchev–Trinajstić information content (AvgIpc) is 2.38. The first kappa shape index (κ1) is 15.9. The van der Waals surface area contributed by atoms with E-state index in [2.05, 4.69) is 13.8 Å². The molecule has 0 amide bonds. The Morgan fingerprint density at radius 1 is 1.16 bits per heavy atom. The molecule has 0 saturated heterocycles. The number of rotatable bonds is 7. The van der Waals surface area contributed by atoms with Crippen LogP contribution in [-0.2, 0) is 0 Å². The molecule has 19 heavy (non-hydrogen) atoms. The summed E-state index contributed by atoms with van der Waals surface area (Å²) in [6.07, 6.45) is 9.33. The molecule has 0 aliphatic carbocycles. The Balaban J connectivity index is 2.43. The highest BCUT2D eigenvalue weighted by Crippen LogP contribution is 2.18. The molecule has 0 radical (unpaired) electrons. The molecule has 0 N–H and O–H groups in total. The van der Waals surface area contributed by atoms with E-state index in [4.69, 9.17) is 0 Å². The maximum Gasteiger partial charge on any atom is 0.166 e. The van der Waals surface area contributed by atoms with Crippen molar-refractivity contribution in [3.63, 3.8) is 0 Å². The van der Waals surface area contributed by atoms with Crippen LogP contribution in [0, 0.1) is 24.5 Å². The maximum absolute atomic E-state index is 13.6. The first-order valence-electron chi connectivity index (χ1n) is 7.17. The highest BCUT2D eigenvalue weighted by molar-refractivity contribution is 5.50. The van der Waals surface area contributed by atoms with Crippen molar-refractivity contribution in [2.24, 2.45) is 5.92 Å². The van der Waals surface area contributed by atoms with Gasteiger partial charge in [-0.3, -0.25) is 0 Å². The van der Waals surface area contributed by atoms with Gasteiger partial charge < -0.3 is 0 Å². The summed E-state index contributed by atoms with van der Waals surface area (Å²) in [7, 11) is 0. The summed E-state index contributed by atoms with van der Waals surface area (Å²) in [5.74, 6) is -0.721. The molecular formula is C17H24F2. The van der Waals surface area contributed by atoms with Crippen molar-refractivity contribution in [2.75, 3.05) is 0 Å². The van der Waals surface area contributed by atoms with E-state index in [0.29, 0.717) is 11.1 Å². The number of allylic oxidation sites excluding steroid dienone is 1. The molecule has 2 heteroatoms. The van der Waals surface area contributed by atoms with E-state index in [1.807, 2.05) is 6.08 Å². The third kappa shape index (κ3) is 5.14. The molecule has 1 aromatic carbocycles. The van der Waals surface area contributed by atoms with Gasteiger partial charge in [0.05, 0.1) is 0 Å². The minimum Gasteiger partial charge on any atom is -0.203 e. The van der Waals surface area contributed by atoms with Gasteiger partial charge in [0, 0.05) is 5.56 Å². The second kappa shape index (κ2) is 8.08. The van der Waals surface area contributed by atoms with Gasteiger partial charge in [0.15, 0.2) is 11.6 Å². The normalized spacial score (nSPS) is 13.1. The topological polar surface area (TPSA) is 0 Å². The lowest BCUT2D eigenvalue weighted by Crippen LogP contribution is -1.93. The molecule has 0 aromatic heterocycles. The van der Waals surface area contributed by atoms with E-state index in [1.54, 1.807) is 25.1 Å². The van der Waals surface area contributed by atoms with Crippen molar-refractivity contribution in [1.29, 1.82) is 0 Å². The largest absolute Gasteiger partial charge is 0.203 e. The van der Waals surface area contributed by atoms with Gasteiger partial charge in [-0.2, -0.15) is 0 Å². The summed E-state index contributed by atoms with van der Waals surface area (Å²) in [6.45, 7) is 6.04. The zero-order chi connectivity index (χ0) is 14.3. The van der Waals surface area contributed by atoms with Crippen molar-refractivity contribution in [1.82, 2.24) is 0 Å². The van der Waals surface area contributed by atoms with Crippen LogP contribution >= 0.6 is 0 Å². The SMILES string of the molecule is CCCC(C)CCC/C=C/c1ccc(C)c(F)c1F. The summed E-state index contributed by atoms with van der Waals surface area (Å²) >= 11 is 0. The highest BCUT2D eigenvalue weighted by atomic mass is 19.2. The molecular weight excluding hydrogens is 242 g/mol. The standard InChI is InChI=1S/C17H24F2/c1-4-8-13(2)9-6-5-7-10-15-12-11-14(3)16(18)17(15)19/h7,10-13H,4-6,8-9H2,1-3H3/b10-7+. The Kier molecular flexibility index (Phi) is 6.75. The van der Waals surface area contributed by atoms with Gasteiger partial charge in [-0.1, -0.05) is 57.4 Å². The van der Waals surface area contributed by atoms with Crippen LogP contribution in [0.2, 0.25) is 0 Å². The molecule has 0 nitrogen and oxygen atoms in total. The molecule has 0 saturated carbocycles. The molecule has 106 valence electrons. The van der Waals surface area contributed by atoms with Crippen LogP contribution in [0.4, 0.5) is 8.78 Å². The number of unbranched alkanes of at least 4 members (excludes halogenated alkanes) is 1. The van der Waals surface area contributed by atoms with Crippen LogP contribution in [0.1, 0.15) is 57.1 Å². The van der Waals surface area contributed by atoms with Gasteiger partial charge in [0.2, 0.25) is 0 Å². The maximum atomic E-state index is 13.6. The zero-order valence-electron chi connectivity index (χ0n) is 12.2. The molecule has 0 spiro atoms. The van der Waals surface area contributed by atoms with Crippen molar-refractivity contribution in [2.45, 2.75) is 52.9 Å². The van der Waals surface area contributed by atoms with Crippen molar-refractivity contribution in [3.05, 3.63) is 41.0 Å². The van der Waals surface area contributed by atoms with Crippen molar-refractivity contribution in [3.8, 4) is 0 Å². The van der Waals surface area contributed by atoms with Gasteiger partial charge in [-0.15, -0.1) is 0 Å². The smallest absolute Gasteiger partial charge is 0.166 e. The second-order valence-corrected chi connectivity index (χ2v) is 5.33. The van der Waals surface area contributed by atoms with E-state index in [9.17, 15) is 8.78 Å². The Bertz CT molecular complexity index is 422. The van der Waals surface area contributed by atoms with Gasteiger partial charge in [-0.25, -0.2) is 8.78 Å². The molecule has 0 heterocycles. The Hall–Kier alpha value is -1.18. The first-order chi connectivity index (χ1) is 9.06. The highest BCUT2D eigenvalue weighted by Gasteiger charge is 2.08. The van der Waals surface area contributed by atoms with Crippen molar-refractivity contribution < 1.29 is 8.78 Å². The molecule has 1 rings (SSSR count). The Morgan fingerprint density at radius 3 is 2.58 bits per heavy atom. The zero-order valence-corrected chi connectivity index (χ0v) is 12.2. The summed E-state index contributed by atoms with van der Waals surface area (Å²) in [4.78, 5) is 0. The summed E-state index contributed by atoms with van der Waals surface area (Å²) < 4.78 is 26.9. The predicted molar refractivity (Wildman–Crippen MR) is 78.1 cm³/mol. The van der Waals surface area contributed by atoms with E-state index in [-0.39, 0.29) is 0 Å². The molecule has 0 fully saturated rings. The van der Waals surface area contributed by atoms with Crippen LogP contribution < -0.4 is 0 Å². The van der Waals surface area contributed by atoms with E-state index in [0.717, 1.165) is 18.8 Å². The monoisotopic (exact) mass is 266 g/mol. The minimum absolute atomic E-state index is 0.338. The number of hydrogen-bond donors (Lipinski definition) is 0. The molecule has 1 aromatic rings. The van der Waals surface area contributed by atoms with Gasteiger partial charge >= 0.3 is 0 Å². The summed E-state index contributed by atoms with van der Waals surface area (Å²) in [5.41, 5.74) is 0.688. The van der Waals surface area contributed by atoms with Crippen LogP contribution in [0.5, 0.6) is 0 Å². The van der Waals surface area contributed by atoms with Crippen LogP contribution in [-0.4, -0.2) is 0 Å². The number of benzene rings is 1. The lowest BCUT2D eigenvalue weighted by molar-refractivity contribution is 0.472. The fourth-order valence-corrected chi connectivity index (χ4v) is 2.22. The lowest BCUT2D eigenvalue weighted by atomic mass is 9.99. The quantitative estimate of drug-likeness (QED) is 0.539. The van der Waals surface area contributed by atoms with Gasteiger partial charge in [0.25, 0.3) is 0 Å². The van der Waals surface area contributed by atoms with Crippen LogP contribution in [0.3, 0.4) is 0 Å². The van der Waals surface area contributed by atoms with E-state index >= 15 is 0 Å². The molecule has 0 aliphatic rings. The van der Waals surface area contributed by atoms with E-state index in [1.165, 1.54) is 19.3 Å². The molecule has 1 unspecified atom stereocenters. The first-order valence-corrected chi connectivity index (χ1v) is 7.17. The van der Waals surface area contributed by atoms with Gasteiger partial charge in [0.1, 0.15) is 0 Å². The Labute approximate surface area is 115 Å². The van der Waals surface area contributed by atoms with E-state index < -0.39 is 11.6 Å². The fraction of sp³-hybridized carbons (Fsp3) is 0.529. The molecule has 1 atom stereocenters. The van der Waals surface area contributed by atoms with Gasteiger partial charge in [-0.05, 0) is 31.2 Å². The van der Waals surface area contributed by atoms with Crippen molar-refractivity contribution >= 4 is 6.08 Å². The van der Waals surface area contributed by atoms with Crippen LogP contribution in [0.25, 0.3) is 6.08 Å². The number of halogens is 2.